The first kappa shape index (κ1) is 21.1. The number of sulfonamides is 1. The molecule has 2 aromatic carbocycles. The van der Waals surface area contributed by atoms with Gasteiger partial charge in [-0.2, -0.15) is 4.31 Å². The maximum atomic E-state index is 12.9. The maximum absolute atomic E-state index is 12.9. The highest BCUT2D eigenvalue weighted by Crippen LogP contribution is 2.26. The Labute approximate surface area is 175 Å². The Balaban J connectivity index is 1.72. The largest absolute Gasteiger partial charge is 0.376 e. The molecule has 1 N–H and O–H groups in total. The summed E-state index contributed by atoms with van der Waals surface area (Å²) < 4.78 is 27.3. The Bertz CT molecular complexity index is 971. The van der Waals surface area contributed by atoms with Crippen LogP contribution in [0.15, 0.2) is 47.4 Å². The fourth-order valence-electron chi connectivity index (χ4n) is 3.11. The van der Waals surface area contributed by atoms with E-state index in [1.807, 2.05) is 0 Å². The molecule has 150 valence electrons. The molecule has 0 aliphatic carbocycles. The lowest BCUT2D eigenvalue weighted by Gasteiger charge is -2.29. The summed E-state index contributed by atoms with van der Waals surface area (Å²) in [4.78, 5) is 12.7. The Hall–Kier alpha value is -1.60. The number of anilines is 1. The van der Waals surface area contributed by atoms with Crippen molar-refractivity contribution in [2.45, 2.75) is 24.7 Å². The molecular weight excluding hydrogens is 419 g/mol. The SMILES string of the molecule is CC1CCN(S(=O)(=O)c2cccc(C(=O)CNc3ccc(Cl)cc3Cl)c2)CC1. The van der Waals surface area contributed by atoms with E-state index in [2.05, 4.69) is 12.2 Å². The number of carbonyl (C=O) groups excluding carboxylic acids is 1. The number of rotatable bonds is 6. The predicted molar refractivity (Wildman–Crippen MR) is 113 cm³/mol. The summed E-state index contributed by atoms with van der Waals surface area (Å²) in [6, 6.07) is 11.1. The number of Topliss-reactive ketones (excluding diaryl/α,β-unsaturated/α-hetero) is 1. The molecule has 0 unspecified atom stereocenters. The highest BCUT2D eigenvalue weighted by molar-refractivity contribution is 7.89. The number of benzene rings is 2. The highest BCUT2D eigenvalue weighted by atomic mass is 35.5. The van der Waals surface area contributed by atoms with Crippen LogP contribution in [0.1, 0.15) is 30.1 Å². The number of ketones is 1. The van der Waals surface area contributed by atoms with Crippen LogP contribution in [0.4, 0.5) is 5.69 Å². The summed E-state index contributed by atoms with van der Waals surface area (Å²) in [7, 11) is -3.60. The van der Waals surface area contributed by atoms with Gasteiger partial charge in [-0.3, -0.25) is 4.79 Å². The molecule has 1 heterocycles. The molecule has 0 bridgehead atoms. The van der Waals surface area contributed by atoms with Gasteiger partial charge in [0.2, 0.25) is 10.0 Å². The standard InChI is InChI=1S/C20H22Cl2N2O3S/c1-14-7-9-24(10-8-14)28(26,27)17-4-2-3-15(11-17)20(25)13-23-19-6-5-16(21)12-18(19)22/h2-6,11-12,14,23H,7-10,13H2,1H3. The number of nitrogens with zero attached hydrogens (tertiary/aromatic N) is 1. The molecule has 0 amide bonds. The second-order valence-electron chi connectivity index (χ2n) is 7.02. The molecule has 1 aliphatic heterocycles. The summed E-state index contributed by atoms with van der Waals surface area (Å²) in [6.07, 6.45) is 1.70. The van der Waals surface area contributed by atoms with Crippen molar-refractivity contribution in [3.8, 4) is 0 Å². The van der Waals surface area contributed by atoms with E-state index in [1.54, 1.807) is 30.3 Å². The third-order valence-electron chi connectivity index (χ3n) is 4.91. The summed E-state index contributed by atoms with van der Waals surface area (Å²) in [6.45, 7) is 3.14. The molecule has 1 fully saturated rings. The molecule has 1 aliphatic rings. The van der Waals surface area contributed by atoms with Crippen molar-refractivity contribution in [1.82, 2.24) is 4.31 Å². The van der Waals surface area contributed by atoms with E-state index in [1.165, 1.54) is 16.4 Å². The molecule has 0 radical (unpaired) electrons. The Morgan fingerprint density at radius 3 is 2.54 bits per heavy atom. The molecule has 28 heavy (non-hydrogen) atoms. The number of hydrogen-bond acceptors (Lipinski definition) is 4. The summed E-state index contributed by atoms with van der Waals surface area (Å²) in [5.74, 6) is 0.306. The summed E-state index contributed by atoms with van der Waals surface area (Å²) in [5, 5.41) is 3.88. The lowest BCUT2D eigenvalue weighted by molar-refractivity contribution is 0.101. The van der Waals surface area contributed by atoms with Gasteiger partial charge in [0.15, 0.2) is 5.78 Å². The van der Waals surface area contributed by atoms with Crippen LogP contribution in [0.2, 0.25) is 10.0 Å². The Morgan fingerprint density at radius 2 is 1.86 bits per heavy atom. The van der Waals surface area contributed by atoms with Crippen molar-refractivity contribution < 1.29 is 13.2 Å². The first-order valence-corrected chi connectivity index (χ1v) is 11.3. The van der Waals surface area contributed by atoms with Crippen molar-refractivity contribution in [2.24, 2.45) is 5.92 Å². The number of piperidine rings is 1. The van der Waals surface area contributed by atoms with E-state index in [0.717, 1.165) is 12.8 Å². The highest BCUT2D eigenvalue weighted by Gasteiger charge is 2.28. The van der Waals surface area contributed by atoms with Crippen molar-refractivity contribution in [2.75, 3.05) is 25.0 Å². The summed E-state index contributed by atoms with van der Waals surface area (Å²) in [5.41, 5.74) is 0.926. The average Bonchev–Trinajstić information content (AvgIpc) is 2.67. The van der Waals surface area contributed by atoms with Gasteiger partial charge in [-0.15, -0.1) is 0 Å². The number of carbonyl (C=O) groups is 1. The van der Waals surface area contributed by atoms with Gasteiger partial charge in [0.25, 0.3) is 0 Å². The van der Waals surface area contributed by atoms with Crippen LogP contribution in [0.3, 0.4) is 0 Å². The van der Waals surface area contributed by atoms with Crippen LogP contribution in [0.5, 0.6) is 0 Å². The number of hydrogen-bond donors (Lipinski definition) is 1. The van der Waals surface area contributed by atoms with Crippen molar-refractivity contribution in [3.05, 3.63) is 58.1 Å². The van der Waals surface area contributed by atoms with Gasteiger partial charge in [-0.05, 0) is 49.1 Å². The topological polar surface area (TPSA) is 66.5 Å². The fraction of sp³-hybridized carbons (Fsp3) is 0.350. The fourth-order valence-corrected chi connectivity index (χ4v) is 5.11. The van der Waals surface area contributed by atoms with Gasteiger partial charge in [0.05, 0.1) is 22.2 Å². The second kappa shape index (κ2) is 8.82. The van der Waals surface area contributed by atoms with Crippen molar-refractivity contribution >= 4 is 44.7 Å². The van der Waals surface area contributed by atoms with E-state index < -0.39 is 10.0 Å². The summed E-state index contributed by atoms with van der Waals surface area (Å²) >= 11 is 12.0. The minimum atomic E-state index is -3.60. The lowest BCUT2D eigenvalue weighted by atomic mass is 10.0. The molecule has 2 aromatic rings. The molecule has 3 rings (SSSR count). The molecular formula is C20H22Cl2N2O3S. The smallest absolute Gasteiger partial charge is 0.243 e. The zero-order valence-electron chi connectivity index (χ0n) is 15.5. The minimum absolute atomic E-state index is 0.00785. The monoisotopic (exact) mass is 440 g/mol. The molecule has 0 atom stereocenters. The van der Waals surface area contributed by atoms with Crippen LogP contribution >= 0.6 is 23.2 Å². The van der Waals surface area contributed by atoms with Gasteiger partial charge in [-0.25, -0.2) is 8.42 Å². The van der Waals surface area contributed by atoms with E-state index in [4.69, 9.17) is 23.2 Å². The van der Waals surface area contributed by atoms with Crippen LogP contribution in [0.25, 0.3) is 0 Å². The normalized spacial score (nSPS) is 16.1. The van der Waals surface area contributed by atoms with E-state index in [0.29, 0.717) is 40.3 Å². The third-order valence-corrected chi connectivity index (χ3v) is 7.35. The van der Waals surface area contributed by atoms with Crippen molar-refractivity contribution in [3.63, 3.8) is 0 Å². The van der Waals surface area contributed by atoms with Gasteiger partial charge in [-0.1, -0.05) is 42.3 Å². The van der Waals surface area contributed by atoms with Gasteiger partial charge < -0.3 is 5.32 Å². The van der Waals surface area contributed by atoms with E-state index in [9.17, 15) is 13.2 Å². The molecule has 1 saturated heterocycles. The quantitative estimate of drug-likeness (QED) is 0.660. The Kier molecular flexibility index (Phi) is 6.65. The molecule has 8 heteroatoms. The maximum Gasteiger partial charge on any atom is 0.243 e. The molecule has 0 aromatic heterocycles. The third kappa shape index (κ3) is 4.87. The van der Waals surface area contributed by atoms with Gasteiger partial charge in [0, 0.05) is 23.7 Å². The van der Waals surface area contributed by atoms with Crippen molar-refractivity contribution in [1.29, 1.82) is 0 Å². The number of halogens is 2. The predicted octanol–water partition coefficient (Wildman–Crippen LogP) is 4.71. The molecule has 0 spiro atoms. The first-order chi connectivity index (χ1) is 13.3. The Morgan fingerprint density at radius 1 is 1.14 bits per heavy atom. The van der Waals surface area contributed by atoms with Crippen LogP contribution in [-0.2, 0) is 10.0 Å². The van der Waals surface area contributed by atoms with Gasteiger partial charge in [0.1, 0.15) is 0 Å². The van der Waals surface area contributed by atoms with Crippen LogP contribution < -0.4 is 5.32 Å². The zero-order chi connectivity index (χ0) is 20.3. The number of nitrogens with one attached hydrogen (secondary N) is 1. The van der Waals surface area contributed by atoms with Crippen LogP contribution in [-0.4, -0.2) is 38.1 Å². The van der Waals surface area contributed by atoms with E-state index in [-0.39, 0.29) is 17.2 Å². The molecule has 5 nitrogen and oxygen atoms in total. The molecule has 0 saturated carbocycles. The lowest BCUT2D eigenvalue weighted by Crippen LogP contribution is -2.37. The first-order valence-electron chi connectivity index (χ1n) is 9.09. The average molecular weight is 441 g/mol. The van der Waals surface area contributed by atoms with Crippen LogP contribution in [0, 0.1) is 5.92 Å². The second-order valence-corrected chi connectivity index (χ2v) is 9.80. The van der Waals surface area contributed by atoms with Gasteiger partial charge >= 0.3 is 0 Å². The minimum Gasteiger partial charge on any atom is -0.376 e. The van der Waals surface area contributed by atoms with E-state index >= 15 is 0 Å². The zero-order valence-corrected chi connectivity index (χ0v) is 17.8.